The second-order valence-electron chi connectivity index (χ2n) is 12.6. The van der Waals surface area contributed by atoms with Crippen LogP contribution >= 0.6 is 12.2 Å². The van der Waals surface area contributed by atoms with Crippen LogP contribution in [0.3, 0.4) is 0 Å². The van der Waals surface area contributed by atoms with E-state index in [1.54, 1.807) is 30.5 Å². The summed E-state index contributed by atoms with van der Waals surface area (Å²) in [5.41, 5.74) is 3.44. The van der Waals surface area contributed by atoms with Crippen molar-refractivity contribution < 1.29 is 19.1 Å². The van der Waals surface area contributed by atoms with Crippen molar-refractivity contribution >= 4 is 47.0 Å². The molecule has 0 aliphatic rings. The minimum atomic E-state index is 0.491. The summed E-state index contributed by atoms with van der Waals surface area (Å²) in [6.07, 6.45) is 29.6. The number of hydrogen-bond donors (Lipinski definition) is 0. The van der Waals surface area contributed by atoms with E-state index < -0.39 is 0 Å². The molecule has 0 spiro atoms. The van der Waals surface area contributed by atoms with Crippen LogP contribution in [0.15, 0.2) is 93.0 Å². The minimum Gasteiger partial charge on any atom is -0.494 e. The number of ether oxygens (including phenoxy) is 1. The van der Waals surface area contributed by atoms with E-state index in [4.69, 9.17) is 4.74 Å². The van der Waals surface area contributed by atoms with Crippen molar-refractivity contribution in [2.45, 2.75) is 130 Å². The van der Waals surface area contributed by atoms with Gasteiger partial charge in [0.25, 0.3) is 0 Å². The molecule has 0 unspecified atom stereocenters. The predicted molar refractivity (Wildman–Crippen MR) is 225 cm³/mol. The average molecular weight is 756 g/mol. The van der Waals surface area contributed by atoms with Crippen molar-refractivity contribution in [3.63, 3.8) is 0 Å². The molecule has 3 rings (SSSR count). The van der Waals surface area contributed by atoms with Crippen LogP contribution in [0.1, 0.15) is 128 Å². The number of aryl methyl sites for hydroxylation is 1. The quantitative estimate of drug-likeness (QED) is 0.0388. The van der Waals surface area contributed by atoms with E-state index in [0.29, 0.717) is 17.9 Å². The van der Waals surface area contributed by atoms with Crippen LogP contribution in [0.5, 0.6) is 5.75 Å². The van der Waals surface area contributed by atoms with E-state index in [1.807, 2.05) is 49.4 Å². The molecule has 1 aromatic heterocycles. The van der Waals surface area contributed by atoms with E-state index in [0.717, 1.165) is 42.9 Å². The van der Waals surface area contributed by atoms with Crippen LogP contribution < -0.4 is 4.74 Å². The largest absolute Gasteiger partial charge is 0.494 e. The van der Waals surface area contributed by atoms with Crippen molar-refractivity contribution in [2.24, 2.45) is 20.0 Å². The molecule has 0 amide bonds. The third-order valence-corrected chi connectivity index (χ3v) is 8.06. The Hall–Kier alpha value is -4.67. The summed E-state index contributed by atoms with van der Waals surface area (Å²) < 4.78 is 5.82. The fourth-order valence-corrected chi connectivity index (χ4v) is 5.13. The lowest BCUT2D eigenvalue weighted by atomic mass is 10.1. The molecule has 292 valence electrons. The Labute approximate surface area is 329 Å². The lowest BCUT2D eigenvalue weighted by Gasteiger charge is -2.08. The Morgan fingerprint density at radius 2 is 1.22 bits per heavy atom. The highest BCUT2D eigenvalue weighted by Gasteiger charge is 1.98. The third-order valence-electron chi connectivity index (χ3n) is 7.93. The number of isocyanates is 3. The van der Waals surface area contributed by atoms with Gasteiger partial charge in [-0.25, -0.2) is 24.4 Å². The summed E-state index contributed by atoms with van der Waals surface area (Å²) in [5, 5.41) is 2.38. The number of unbranched alkanes of at least 4 members (excludes halogenated alkanes) is 14. The zero-order valence-electron chi connectivity index (χ0n) is 32.8. The lowest BCUT2D eigenvalue weighted by Crippen LogP contribution is -1.98. The number of rotatable bonds is 24. The zero-order chi connectivity index (χ0) is 39.6. The molecule has 2 aromatic carbocycles. The van der Waals surface area contributed by atoms with Gasteiger partial charge in [-0.15, -0.1) is 0 Å². The first-order valence-electron chi connectivity index (χ1n) is 19.5. The Balaban J connectivity index is 0.000000774. The monoisotopic (exact) mass is 755 g/mol. The normalized spacial score (nSPS) is 9.39. The highest BCUT2D eigenvalue weighted by atomic mass is 32.1. The summed E-state index contributed by atoms with van der Waals surface area (Å²) in [4.78, 5) is 47.5. The molecule has 0 saturated heterocycles. The SMILES string of the molecule is CCCCCCCCCCCCOc1cccc(CCN=C=O)c1.CCCCCCCCN=C=S.Cc1cccc(N=C=O)c1.O=C=Nc1cccnc1. The molecule has 9 nitrogen and oxygen atoms in total. The number of hydrogen-bond acceptors (Lipinski definition) is 10. The second kappa shape index (κ2) is 39.5. The maximum atomic E-state index is 10.1. The van der Waals surface area contributed by atoms with Gasteiger partial charge in [0.2, 0.25) is 18.2 Å². The van der Waals surface area contributed by atoms with Gasteiger partial charge in [0.15, 0.2) is 0 Å². The summed E-state index contributed by atoms with van der Waals surface area (Å²) >= 11 is 4.45. The zero-order valence-corrected chi connectivity index (χ0v) is 33.7. The topological polar surface area (TPSA) is 123 Å². The van der Waals surface area contributed by atoms with Crippen molar-refractivity contribution in [2.75, 3.05) is 19.7 Å². The summed E-state index contributed by atoms with van der Waals surface area (Å²) in [5.74, 6) is 0.915. The first-order valence-corrected chi connectivity index (χ1v) is 19.9. The van der Waals surface area contributed by atoms with Crippen molar-refractivity contribution in [3.05, 3.63) is 84.2 Å². The first-order chi connectivity index (χ1) is 26.5. The molecule has 0 fully saturated rings. The molecule has 54 heavy (non-hydrogen) atoms. The van der Waals surface area contributed by atoms with Crippen LogP contribution in [0.25, 0.3) is 0 Å². The van der Waals surface area contributed by atoms with Gasteiger partial charge in [0.1, 0.15) is 5.75 Å². The van der Waals surface area contributed by atoms with E-state index >= 15 is 0 Å². The van der Waals surface area contributed by atoms with Gasteiger partial charge >= 0.3 is 0 Å². The number of benzene rings is 2. The number of pyridine rings is 1. The first kappa shape index (κ1) is 49.3. The second-order valence-corrected chi connectivity index (χ2v) is 12.8. The number of aromatic nitrogens is 1. The number of nitrogens with zero attached hydrogens (tertiary/aromatic N) is 5. The van der Waals surface area contributed by atoms with Gasteiger partial charge in [-0.05, 0) is 85.9 Å². The molecular weight excluding hydrogens is 695 g/mol. The van der Waals surface area contributed by atoms with Crippen LogP contribution in [0, 0.1) is 6.92 Å². The molecule has 0 radical (unpaired) electrons. The average Bonchev–Trinajstić information content (AvgIpc) is 3.18. The van der Waals surface area contributed by atoms with Gasteiger partial charge in [-0.1, -0.05) is 128 Å². The third kappa shape index (κ3) is 33.2. The maximum Gasteiger partial charge on any atom is 0.240 e. The number of isothiocyanates is 1. The maximum absolute atomic E-state index is 10.1. The highest BCUT2D eigenvalue weighted by molar-refractivity contribution is 7.78. The van der Waals surface area contributed by atoms with E-state index in [2.05, 4.69) is 56.2 Å². The smallest absolute Gasteiger partial charge is 0.240 e. The Bertz CT molecular complexity index is 1530. The molecular formula is C44H61N5O4S. The predicted octanol–water partition coefficient (Wildman–Crippen LogP) is 12.3. The number of carbonyl (C=O) groups excluding carboxylic acids is 3. The summed E-state index contributed by atoms with van der Waals surface area (Å²) in [6.45, 7) is 8.59. The molecule has 0 aliphatic carbocycles. The van der Waals surface area contributed by atoms with Gasteiger partial charge < -0.3 is 4.74 Å². The highest BCUT2D eigenvalue weighted by Crippen LogP contribution is 2.16. The van der Waals surface area contributed by atoms with Crippen molar-refractivity contribution in [1.82, 2.24) is 4.98 Å². The lowest BCUT2D eigenvalue weighted by molar-refractivity contribution is 0.304. The Kier molecular flexibility index (Phi) is 36.1. The molecule has 0 saturated carbocycles. The fourth-order valence-electron chi connectivity index (χ4n) is 5.04. The molecule has 3 aromatic rings. The van der Waals surface area contributed by atoms with Crippen LogP contribution in [-0.2, 0) is 20.8 Å². The number of aliphatic imine (C=N–C) groups is 4. The molecule has 0 bridgehead atoms. The van der Waals surface area contributed by atoms with Crippen molar-refractivity contribution in [1.29, 1.82) is 0 Å². The Morgan fingerprint density at radius 3 is 1.80 bits per heavy atom. The van der Waals surface area contributed by atoms with E-state index in [9.17, 15) is 14.4 Å². The summed E-state index contributed by atoms with van der Waals surface area (Å²) in [7, 11) is 0. The Morgan fingerprint density at radius 1 is 0.630 bits per heavy atom. The number of thiocarbonyl (C=S) groups is 1. The molecule has 10 heteroatoms. The van der Waals surface area contributed by atoms with Gasteiger partial charge in [0, 0.05) is 12.7 Å². The van der Waals surface area contributed by atoms with Gasteiger partial charge in [0.05, 0.1) is 35.9 Å². The van der Waals surface area contributed by atoms with E-state index in [1.165, 1.54) is 115 Å². The fraction of sp³-hybridized carbons (Fsp3) is 0.523. The van der Waals surface area contributed by atoms with Gasteiger partial charge in [-0.3, -0.25) is 4.98 Å². The van der Waals surface area contributed by atoms with Gasteiger partial charge in [-0.2, -0.15) is 9.98 Å². The standard InChI is InChI=1S/C21H33NO2.C9H17NS.C8H7NO.C6H4N2O/c1-2-3-4-5-6-7-8-9-10-11-17-24-21-14-12-13-20(18-21)15-16-22-19-23;1-2-3-4-5-6-7-8-10-9-11;1-7-3-2-4-8(5-7)9-6-10;9-5-8-6-2-1-3-7-4-6/h12-14,18H,2-11,15-17H2,1H3;2-8H2,1H3;2-5H,1H3;1-4H. The van der Waals surface area contributed by atoms with Crippen LogP contribution in [0.4, 0.5) is 11.4 Å². The van der Waals surface area contributed by atoms with Crippen LogP contribution in [-0.4, -0.2) is 48.1 Å². The molecule has 0 aliphatic heterocycles. The minimum absolute atomic E-state index is 0.491. The molecule has 0 N–H and O–H groups in total. The van der Waals surface area contributed by atoms with Crippen LogP contribution in [0.2, 0.25) is 0 Å². The molecule has 1 heterocycles. The molecule has 0 atom stereocenters. The summed E-state index contributed by atoms with van der Waals surface area (Å²) in [6, 6.07) is 18.8. The van der Waals surface area contributed by atoms with E-state index in [-0.39, 0.29) is 0 Å². The van der Waals surface area contributed by atoms with Crippen molar-refractivity contribution in [3.8, 4) is 5.75 Å².